The Balaban J connectivity index is 4.65. The Morgan fingerprint density at radius 2 is 1.86 bits per heavy atom. The third-order valence-electron chi connectivity index (χ3n) is 1.42. The highest BCUT2D eigenvalue weighted by atomic mass is 16.1. The van der Waals surface area contributed by atoms with Crippen molar-refractivity contribution in [2.24, 2.45) is 0 Å². The van der Waals surface area contributed by atoms with Crippen LogP contribution in [0.25, 0.3) is 0 Å². The molecule has 0 aliphatic rings. The predicted octanol–water partition coefficient (Wildman–Crippen LogP) is 1.73. The smallest absolute Gasteiger partial charge is 0.221 e. The normalized spacial score (nSPS) is 11.5. The largest absolute Gasteiger partial charge is 0.327 e. The molecule has 0 aliphatic carbocycles. The summed E-state index contributed by atoms with van der Waals surface area (Å²) in [7, 11) is 0. The van der Waals surface area contributed by atoms with Crippen LogP contribution in [0.3, 0.4) is 0 Å². The lowest BCUT2D eigenvalue weighted by atomic mass is 10.1. The van der Waals surface area contributed by atoms with Gasteiger partial charge in [-0.15, -0.1) is 0 Å². The number of carbonyl (C=O) groups is 2. The summed E-state index contributed by atoms with van der Waals surface area (Å²) in [6.07, 6.45) is 4.98. The maximum Gasteiger partial charge on any atom is 0.221 e. The summed E-state index contributed by atoms with van der Waals surface area (Å²) in [4.78, 5) is 21.7. The molecule has 0 radical (unpaired) electrons. The summed E-state index contributed by atoms with van der Waals surface area (Å²) in [5.74, 6) is -0.260. The molecular formula is C11H15NO2. The van der Waals surface area contributed by atoms with Crippen molar-refractivity contribution >= 4 is 11.7 Å². The molecule has 0 aromatic heterocycles. The molecule has 0 aliphatic heterocycles. The molecule has 14 heavy (non-hydrogen) atoms. The molecule has 0 rings (SSSR count). The predicted molar refractivity (Wildman–Crippen MR) is 56.5 cm³/mol. The highest BCUT2D eigenvalue weighted by Crippen LogP contribution is 2.02. The van der Waals surface area contributed by atoms with Gasteiger partial charge in [-0.1, -0.05) is 18.7 Å². The van der Waals surface area contributed by atoms with Crippen LogP contribution >= 0.6 is 0 Å². The van der Waals surface area contributed by atoms with Gasteiger partial charge in [-0.05, 0) is 19.9 Å². The standard InChI is InChI=1S/C11H15NO2/c1-5-6-11(9(3)13)7-8(2)12-10(4)14/h5-7H,2H2,1,3-4H3,(H,12,14)/b6-5-,11-7+. The van der Waals surface area contributed by atoms with Crippen LogP contribution in [-0.4, -0.2) is 11.7 Å². The van der Waals surface area contributed by atoms with Crippen LogP contribution in [0.5, 0.6) is 0 Å². The van der Waals surface area contributed by atoms with E-state index in [1.165, 1.54) is 13.8 Å². The van der Waals surface area contributed by atoms with E-state index in [0.29, 0.717) is 11.3 Å². The molecule has 0 heterocycles. The van der Waals surface area contributed by atoms with E-state index in [0.717, 1.165) is 0 Å². The van der Waals surface area contributed by atoms with Gasteiger partial charge in [0, 0.05) is 18.2 Å². The molecular weight excluding hydrogens is 178 g/mol. The van der Waals surface area contributed by atoms with E-state index in [2.05, 4.69) is 11.9 Å². The quantitative estimate of drug-likeness (QED) is 0.546. The minimum Gasteiger partial charge on any atom is -0.327 e. The second-order valence-electron chi connectivity index (χ2n) is 2.86. The Morgan fingerprint density at radius 1 is 1.29 bits per heavy atom. The molecule has 1 amide bonds. The average Bonchev–Trinajstić information content (AvgIpc) is 2.01. The molecule has 0 atom stereocenters. The van der Waals surface area contributed by atoms with Crippen molar-refractivity contribution in [2.75, 3.05) is 0 Å². The van der Waals surface area contributed by atoms with Crippen LogP contribution in [0.2, 0.25) is 0 Å². The maximum absolute atomic E-state index is 11.1. The molecule has 0 bridgehead atoms. The number of allylic oxidation sites excluding steroid dienone is 4. The number of hydrogen-bond acceptors (Lipinski definition) is 2. The minimum atomic E-state index is -0.199. The van der Waals surface area contributed by atoms with Crippen molar-refractivity contribution < 1.29 is 9.59 Å². The highest BCUT2D eigenvalue weighted by Gasteiger charge is 2.00. The van der Waals surface area contributed by atoms with Crippen molar-refractivity contribution in [1.29, 1.82) is 0 Å². The first-order valence-corrected chi connectivity index (χ1v) is 4.29. The van der Waals surface area contributed by atoms with Gasteiger partial charge in [0.2, 0.25) is 5.91 Å². The zero-order valence-corrected chi connectivity index (χ0v) is 8.76. The molecule has 0 fully saturated rings. The van der Waals surface area contributed by atoms with Crippen molar-refractivity contribution in [3.63, 3.8) is 0 Å². The van der Waals surface area contributed by atoms with Crippen LogP contribution in [0.15, 0.2) is 36.1 Å². The number of rotatable bonds is 4. The number of hydrogen-bond donors (Lipinski definition) is 1. The van der Waals surface area contributed by atoms with Gasteiger partial charge in [0.1, 0.15) is 0 Å². The lowest BCUT2D eigenvalue weighted by Gasteiger charge is -2.01. The van der Waals surface area contributed by atoms with Gasteiger partial charge in [-0.3, -0.25) is 9.59 Å². The Bertz CT molecular complexity index is 311. The Labute approximate surface area is 84.2 Å². The third kappa shape index (κ3) is 5.09. The molecule has 1 N–H and O–H groups in total. The van der Waals surface area contributed by atoms with E-state index in [-0.39, 0.29) is 11.7 Å². The Kier molecular flexibility index (Phi) is 5.22. The van der Waals surface area contributed by atoms with Gasteiger partial charge in [0.15, 0.2) is 5.78 Å². The number of carbonyl (C=O) groups excluding carboxylic acids is 2. The molecule has 0 saturated heterocycles. The fraction of sp³-hybridized carbons (Fsp3) is 0.273. The highest BCUT2D eigenvalue weighted by molar-refractivity contribution is 5.96. The lowest BCUT2D eigenvalue weighted by Crippen LogP contribution is -2.17. The van der Waals surface area contributed by atoms with E-state index in [1.807, 2.05) is 6.92 Å². The first-order valence-electron chi connectivity index (χ1n) is 4.29. The van der Waals surface area contributed by atoms with Gasteiger partial charge >= 0.3 is 0 Å². The Morgan fingerprint density at radius 3 is 2.21 bits per heavy atom. The zero-order valence-electron chi connectivity index (χ0n) is 8.76. The van der Waals surface area contributed by atoms with Crippen LogP contribution in [0, 0.1) is 0 Å². The van der Waals surface area contributed by atoms with Gasteiger partial charge in [-0.25, -0.2) is 0 Å². The van der Waals surface area contributed by atoms with E-state index < -0.39 is 0 Å². The fourth-order valence-corrected chi connectivity index (χ4v) is 0.897. The molecule has 0 unspecified atom stereocenters. The van der Waals surface area contributed by atoms with Crippen molar-refractivity contribution in [3.05, 3.63) is 36.1 Å². The second-order valence-corrected chi connectivity index (χ2v) is 2.86. The minimum absolute atomic E-state index is 0.0606. The van der Waals surface area contributed by atoms with Crippen LogP contribution in [-0.2, 0) is 9.59 Å². The number of nitrogens with one attached hydrogen (secondary N) is 1. The van der Waals surface area contributed by atoms with Gasteiger partial charge in [-0.2, -0.15) is 0 Å². The van der Waals surface area contributed by atoms with Crippen LogP contribution in [0.4, 0.5) is 0 Å². The topological polar surface area (TPSA) is 46.2 Å². The molecule has 0 saturated carbocycles. The van der Waals surface area contributed by atoms with Crippen molar-refractivity contribution in [1.82, 2.24) is 5.32 Å². The Hall–Kier alpha value is -1.64. The summed E-state index contributed by atoms with van der Waals surface area (Å²) in [5, 5.41) is 2.49. The first-order chi connectivity index (χ1) is 6.47. The fourth-order valence-electron chi connectivity index (χ4n) is 0.897. The summed E-state index contributed by atoms with van der Waals surface area (Å²) >= 11 is 0. The van der Waals surface area contributed by atoms with Crippen molar-refractivity contribution in [3.8, 4) is 0 Å². The van der Waals surface area contributed by atoms with Crippen molar-refractivity contribution in [2.45, 2.75) is 20.8 Å². The maximum atomic E-state index is 11.1. The summed E-state index contributed by atoms with van der Waals surface area (Å²) in [6, 6.07) is 0. The zero-order chi connectivity index (χ0) is 11.1. The molecule has 3 nitrogen and oxygen atoms in total. The summed E-state index contributed by atoms with van der Waals surface area (Å²) in [6.45, 7) is 8.28. The van der Waals surface area contributed by atoms with Crippen LogP contribution in [0.1, 0.15) is 20.8 Å². The van der Waals surface area contributed by atoms with Crippen LogP contribution < -0.4 is 5.32 Å². The average molecular weight is 193 g/mol. The third-order valence-corrected chi connectivity index (χ3v) is 1.42. The first kappa shape index (κ1) is 12.4. The monoisotopic (exact) mass is 193 g/mol. The van der Waals surface area contributed by atoms with E-state index in [4.69, 9.17) is 0 Å². The lowest BCUT2D eigenvalue weighted by molar-refractivity contribution is -0.118. The summed E-state index contributed by atoms with van der Waals surface area (Å²) < 4.78 is 0. The number of Topliss-reactive ketones (excluding diaryl/α,β-unsaturated/α-hetero) is 1. The summed E-state index contributed by atoms with van der Waals surface area (Å²) in [5.41, 5.74) is 0.937. The number of ketones is 1. The molecule has 0 aromatic rings. The molecule has 0 aromatic carbocycles. The van der Waals surface area contributed by atoms with E-state index in [1.54, 1.807) is 18.2 Å². The van der Waals surface area contributed by atoms with E-state index >= 15 is 0 Å². The van der Waals surface area contributed by atoms with Gasteiger partial charge in [0.05, 0.1) is 0 Å². The molecule has 76 valence electrons. The number of amides is 1. The molecule has 3 heteroatoms. The second kappa shape index (κ2) is 5.91. The van der Waals surface area contributed by atoms with Gasteiger partial charge < -0.3 is 5.32 Å². The SMILES string of the molecule is C=C(/C=C(\C=C/C)C(C)=O)NC(C)=O. The molecule has 0 spiro atoms. The van der Waals surface area contributed by atoms with Gasteiger partial charge in [0.25, 0.3) is 0 Å². The van der Waals surface area contributed by atoms with E-state index in [9.17, 15) is 9.59 Å².